The van der Waals surface area contributed by atoms with Gasteiger partial charge in [0.25, 0.3) is 0 Å². The van der Waals surface area contributed by atoms with Crippen molar-refractivity contribution < 1.29 is 23.1 Å². The Morgan fingerprint density at radius 3 is 2.50 bits per heavy atom. The highest BCUT2D eigenvalue weighted by Gasteiger charge is 2.08. The van der Waals surface area contributed by atoms with E-state index in [9.17, 15) is 18.4 Å². The lowest BCUT2D eigenvalue weighted by molar-refractivity contribution is -0.113. The summed E-state index contributed by atoms with van der Waals surface area (Å²) in [5.74, 6) is -1.67. The van der Waals surface area contributed by atoms with Gasteiger partial charge in [-0.15, -0.1) is 11.8 Å². The van der Waals surface area contributed by atoms with Crippen molar-refractivity contribution in [2.45, 2.75) is 5.75 Å². The van der Waals surface area contributed by atoms with E-state index < -0.39 is 17.6 Å². The molecule has 0 aliphatic rings. The number of esters is 1. The maximum absolute atomic E-state index is 13.0. The van der Waals surface area contributed by atoms with E-state index >= 15 is 0 Å². The molecule has 4 nitrogen and oxygen atoms in total. The van der Waals surface area contributed by atoms with Crippen LogP contribution in [0.15, 0.2) is 42.5 Å². The Hall–Kier alpha value is -2.41. The Morgan fingerprint density at radius 2 is 1.83 bits per heavy atom. The van der Waals surface area contributed by atoms with Crippen LogP contribution < -0.4 is 5.32 Å². The molecule has 2 aromatic carbocycles. The lowest BCUT2D eigenvalue weighted by Crippen LogP contribution is -2.14. The molecule has 0 aromatic heterocycles. The Kier molecular flexibility index (Phi) is 6.31. The Balaban J connectivity index is 1.85. The van der Waals surface area contributed by atoms with Gasteiger partial charge < -0.3 is 10.1 Å². The van der Waals surface area contributed by atoms with E-state index in [0.717, 1.165) is 23.8 Å². The molecule has 2 rings (SSSR count). The zero-order chi connectivity index (χ0) is 17.5. The topological polar surface area (TPSA) is 55.4 Å². The summed E-state index contributed by atoms with van der Waals surface area (Å²) >= 11 is 1.32. The minimum atomic E-state index is -0.752. The van der Waals surface area contributed by atoms with Crippen molar-refractivity contribution in [3.8, 4) is 0 Å². The van der Waals surface area contributed by atoms with Gasteiger partial charge in [0.1, 0.15) is 11.6 Å². The first-order chi connectivity index (χ1) is 11.5. The quantitative estimate of drug-likeness (QED) is 0.808. The minimum Gasteiger partial charge on any atom is -0.465 e. The van der Waals surface area contributed by atoms with Crippen molar-refractivity contribution >= 4 is 29.3 Å². The molecule has 0 aliphatic carbocycles. The predicted octanol–water partition coefficient (Wildman–Crippen LogP) is 3.62. The number of nitrogens with one attached hydrogen (secondary N) is 1. The van der Waals surface area contributed by atoms with E-state index in [-0.39, 0.29) is 17.3 Å². The molecule has 0 aliphatic heterocycles. The maximum atomic E-state index is 13.0. The van der Waals surface area contributed by atoms with Crippen LogP contribution in [-0.2, 0) is 15.3 Å². The Morgan fingerprint density at radius 1 is 1.12 bits per heavy atom. The second-order valence-corrected chi connectivity index (χ2v) is 5.88. The summed E-state index contributed by atoms with van der Waals surface area (Å²) in [5, 5.41) is 2.43. The summed E-state index contributed by atoms with van der Waals surface area (Å²) in [7, 11) is 1.31. The summed E-state index contributed by atoms with van der Waals surface area (Å²) < 4.78 is 30.7. The molecule has 0 heterocycles. The van der Waals surface area contributed by atoms with Crippen LogP contribution >= 0.6 is 11.8 Å². The minimum absolute atomic E-state index is 0.0748. The molecule has 0 radical (unpaired) electrons. The third kappa shape index (κ3) is 5.34. The fourth-order valence-corrected chi connectivity index (χ4v) is 2.77. The number of carbonyl (C=O) groups excluding carboxylic acids is 2. The average molecular weight is 351 g/mol. The number of anilines is 1. The lowest BCUT2D eigenvalue weighted by atomic mass is 10.1. The number of thioether (sulfide) groups is 1. The molecule has 0 spiro atoms. The van der Waals surface area contributed by atoms with Crippen LogP contribution in [0, 0.1) is 11.6 Å². The fourth-order valence-electron chi connectivity index (χ4n) is 1.99. The first kappa shape index (κ1) is 17.9. The van der Waals surface area contributed by atoms with E-state index in [1.807, 2.05) is 6.07 Å². The highest BCUT2D eigenvalue weighted by atomic mass is 32.2. The zero-order valence-corrected chi connectivity index (χ0v) is 13.7. The second-order valence-electron chi connectivity index (χ2n) is 4.89. The van der Waals surface area contributed by atoms with E-state index in [4.69, 9.17) is 0 Å². The predicted molar refractivity (Wildman–Crippen MR) is 88.9 cm³/mol. The average Bonchev–Trinajstić information content (AvgIpc) is 2.53. The summed E-state index contributed by atoms with van der Waals surface area (Å²) in [5.41, 5.74) is 1.38. The van der Waals surface area contributed by atoms with E-state index in [1.165, 1.54) is 18.9 Å². The Labute approximate surface area is 142 Å². The van der Waals surface area contributed by atoms with E-state index in [2.05, 4.69) is 10.1 Å². The SMILES string of the molecule is COC(=O)c1cccc(CSCC(=O)Nc2cc(F)cc(F)c2)c1. The maximum Gasteiger partial charge on any atom is 0.337 e. The van der Waals surface area contributed by atoms with Gasteiger partial charge >= 0.3 is 5.97 Å². The van der Waals surface area contributed by atoms with Crippen LogP contribution in [0.1, 0.15) is 15.9 Å². The number of amides is 1. The van der Waals surface area contributed by atoms with Gasteiger partial charge in [0.15, 0.2) is 0 Å². The summed E-state index contributed by atoms with van der Waals surface area (Å²) in [6, 6.07) is 9.73. The van der Waals surface area contributed by atoms with Crippen LogP contribution in [0.25, 0.3) is 0 Å². The number of hydrogen-bond acceptors (Lipinski definition) is 4. The van der Waals surface area contributed by atoms with Gasteiger partial charge in [0.2, 0.25) is 5.91 Å². The number of rotatable bonds is 6. The molecule has 0 fully saturated rings. The fraction of sp³-hybridized carbons (Fsp3) is 0.176. The van der Waals surface area contributed by atoms with Gasteiger partial charge in [-0.2, -0.15) is 0 Å². The first-order valence-electron chi connectivity index (χ1n) is 6.99. The van der Waals surface area contributed by atoms with Crippen LogP contribution in [-0.4, -0.2) is 24.7 Å². The summed E-state index contributed by atoms with van der Waals surface area (Å²) in [6.45, 7) is 0. The molecule has 24 heavy (non-hydrogen) atoms. The van der Waals surface area contributed by atoms with Crippen LogP contribution in [0.4, 0.5) is 14.5 Å². The van der Waals surface area contributed by atoms with Crippen molar-refractivity contribution in [2.24, 2.45) is 0 Å². The van der Waals surface area contributed by atoms with Crippen LogP contribution in [0.3, 0.4) is 0 Å². The number of halogens is 2. The molecule has 0 saturated heterocycles. The molecule has 1 amide bonds. The highest BCUT2D eigenvalue weighted by molar-refractivity contribution is 7.99. The monoisotopic (exact) mass is 351 g/mol. The van der Waals surface area contributed by atoms with Gasteiger partial charge in [0, 0.05) is 17.5 Å². The third-order valence-corrected chi connectivity index (χ3v) is 4.00. The Bertz CT molecular complexity index is 732. The van der Waals surface area contributed by atoms with Crippen molar-refractivity contribution in [2.75, 3.05) is 18.2 Å². The van der Waals surface area contributed by atoms with Gasteiger partial charge in [-0.3, -0.25) is 4.79 Å². The highest BCUT2D eigenvalue weighted by Crippen LogP contribution is 2.16. The summed E-state index contributed by atoms with van der Waals surface area (Å²) in [6.07, 6.45) is 0. The molecule has 2 aromatic rings. The molecular formula is C17H15F2NO3S. The summed E-state index contributed by atoms with van der Waals surface area (Å²) in [4.78, 5) is 23.2. The molecule has 7 heteroatoms. The van der Waals surface area contributed by atoms with E-state index in [0.29, 0.717) is 11.3 Å². The number of carbonyl (C=O) groups is 2. The number of benzene rings is 2. The molecule has 0 atom stereocenters. The van der Waals surface area contributed by atoms with Gasteiger partial charge in [-0.1, -0.05) is 12.1 Å². The molecule has 0 unspecified atom stereocenters. The standard InChI is InChI=1S/C17H15F2NO3S/c1-23-17(22)12-4-2-3-11(5-12)9-24-10-16(21)20-15-7-13(18)6-14(19)8-15/h2-8H,9-10H2,1H3,(H,20,21). The molecule has 126 valence electrons. The van der Waals surface area contributed by atoms with Gasteiger partial charge in [0.05, 0.1) is 18.4 Å². The third-order valence-electron chi connectivity index (χ3n) is 3.00. The number of hydrogen-bond donors (Lipinski definition) is 1. The van der Waals surface area contributed by atoms with E-state index in [1.54, 1.807) is 18.2 Å². The molecule has 1 N–H and O–H groups in total. The van der Waals surface area contributed by atoms with Gasteiger partial charge in [-0.25, -0.2) is 13.6 Å². The lowest BCUT2D eigenvalue weighted by Gasteiger charge is -2.06. The number of methoxy groups -OCH3 is 1. The molecule has 0 bridgehead atoms. The van der Waals surface area contributed by atoms with Gasteiger partial charge in [-0.05, 0) is 29.8 Å². The van der Waals surface area contributed by atoms with Crippen LogP contribution in [0.5, 0.6) is 0 Å². The largest absolute Gasteiger partial charge is 0.465 e. The smallest absolute Gasteiger partial charge is 0.337 e. The van der Waals surface area contributed by atoms with Crippen LogP contribution in [0.2, 0.25) is 0 Å². The van der Waals surface area contributed by atoms with Crippen molar-refractivity contribution in [3.05, 3.63) is 65.2 Å². The van der Waals surface area contributed by atoms with Crippen molar-refractivity contribution in [1.29, 1.82) is 0 Å². The number of ether oxygens (including phenoxy) is 1. The zero-order valence-electron chi connectivity index (χ0n) is 12.8. The normalized spacial score (nSPS) is 10.3. The molecular weight excluding hydrogens is 336 g/mol. The first-order valence-corrected chi connectivity index (χ1v) is 8.14. The second kappa shape index (κ2) is 8.44. The van der Waals surface area contributed by atoms with Crippen molar-refractivity contribution in [3.63, 3.8) is 0 Å². The molecule has 0 saturated carbocycles. The van der Waals surface area contributed by atoms with Crippen molar-refractivity contribution in [1.82, 2.24) is 0 Å².